The van der Waals surface area contributed by atoms with Crippen molar-refractivity contribution in [1.29, 1.82) is 0 Å². The number of nitrogens with zero attached hydrogens (tertiary/aromatic N) is 4. The molecule has 0 bridgehead atoms. The number of hydrogen-bond acceptors (Lipinski definition) is 4. The highest BCUT2D eigenvalue weighted by Crippen LogP contribution is 2.27. The third-order valence-electron chi connectivity index (χ3n) is 3.11. The number of hydrogen-bond donors (Lipinski definition) is 0. The second kappa shape index (κ2) is 5.72. The van der Waals surface area contributed by atoms with Crippen LogP contribution in [0.5, 0.6) is 0 Å². The first kappa shape index (κ1) is 13.9. The maximum atomic E-state index is 6.01. The van der Waals surface area contributed by atoms with Crippen LogP contribution in [0, 0.1) is 0 Å². The summed E-state index contributed by atoms with van der Waals surface area (Å²) in [6.45, 7) is 1.88. The van der Waals surface area contributed by atoms with Crippen molar-refractivity contribution in [1.82, 2.24) is 15.0 Å². The Morgan fingerprint density at radius 1 is 0.850 bits per heavy atom. The van der Waals surface area contributed by atoms with Gasteiger partial charge in [0.25, 0.3) is 0 Å². The zero-order valence-corrected chi connectivity index (χ0v) is 12.8. The standard InChI is InChI=1S/C13H11Cl3N4/c14-9-5-8(6-10(15)7-9)11-17-12(16)19-13(18-11)20-3-1-2-4-20/h5-7H,1-4H2. The van der Waals surface area contributed by atoms with E-state index in [0.29, 0.717) is 21.8 Å². The van der Waals surface area contributed by atoms with Crippen LogP contribution in [0.1, 0.15) is 12.8 Å². The average molecular weight is 330 g/mol. The van der Waals surface area contributed by atoms with E-state index in [4.69, 9.17) is 34.8 Å². The van der Waals surface area contributed by atoms with Crippen molar-refractivity contribution >= 4 is 40.8 Å². The summed E-state index contributed by atoms with van der Waals surface area (Å²) in [6.07, 6.45) is 2.28. The summed E-state index contributed by atoms with van der Waals surface area (Å²) in [4.78, 5) is 14.9. The Hall–Kier alpha value is -1.10. The smallest absolute Gasteiger partial charge is 0.230 e. The van der Waals surface area contributed by atoms with Crippen molar-refractivity contribution in [2.45, 2.75) is 12.8 Å². The number of benzene rings is 1. The Bertz CT molecular complexity index is 621. The van der Waals surface area contributed by atoms with E-state index in [1.54, 1.807) is 18.2 Å². The maximum Gasteiger partial charge on any atom is 0.230 e. The number of rotatable bonds is 2. The van der Waals surface area contributed by atoms with Gasteiger partial charge in [0.15, 0.2) is 5.82 Å². The Kier molecular flexibility index (Phi) is 3.96. The Morgan fingerprint density at radius 3 is 2.15 bits per heavy atom. The van der Waals surface area contributed by atoms with Crippen LogP contribution in [0.4, 0.5) is 5.95 Å². The van der Waals surface area contributed by atoms with Crippen molar-refractivity contribution in [2.75, 3.05) is 18.0 Å². The minimum Gasteiger partial charge on any atom is -0.341 e. The molecule has 1 aliphatic rings. The van der Waals surface area contributed by atoms with E-state index in [1.807, 2.05) is 0 Å². The molecule has 1 aliphatic heterocycles. The molecule has 0 aliphatic carbocycles. The van der Waals surface area contributed by atoms with Crippen LogP contribution in [-0.2, 0) is 0 Å². The topological polar surface area (TPSA) is 41.9 Å². The zero-order chi connectivity index (χ0) is 14.1. The molecule has 7 heteroatoms. The monoisotopic (exact) mass is 328 g/mol. The summed E-state index contributed by atoms with van der Waals surface area (Å²) in [7, 11) is 0. The molecule has 0 amide bonds. The van der Waals surface area contributed by atoms with Crippen LogP contribution < -0.4 is 4.90 Å². The van der Waals surface area contributed by atoms with E-state index in [2.05, 4.69) is 19.9 Å². The van der Waals surface area contributed by atoms with E-state index in [0.717, 1.165) is 31.5 Å². The predicted octanol–water partition coefficient (Wildman–Crippen LogP) is 4.10. The SMILES string of the molecule is Clc1cc(Cl)cc(-c2nc(Cl)nc(N3CCCC3)n2)c1. The fourth-order valence-corrected chi connectivity index (χ4v) is 2.89. The zero-order valence-electron chi connectivity index (χ0n) is 10.5. The molecule has 1 saturated heterocycles. The van der Waals surface area contributed by atoms with E-state index in [-0.39, 0.29) is 5.28 Å². The molecule has 104 valence electrons. The van der Waals surface area contributed by atoms with Gasteiger partial charge in [-0.3, -0.25) is 0 Å². The van der Waals surface area contributed by atoms with Crippen LogP contribution in [0.15, 0.2) is 18.2 Å². The lowest BCUT2D eigenvalue weighted by Gasteiger charge is -2.15. The molecule has 20 heavy (non-hydrogen) atoms. The van der Waals surface area contributed by atoms with Gasteiger partial charge in [-0.1, -0.05) is 23.2 Å². The molecule has 2 heterocycles. The van der Waals surface area contributed by atoms with Crippen molar-refractivity contribution < 1.29 is 0 Å². The molecule has 1 fully saturated rings. The Labute approximate surface area is 131 Å². The molecule has 3 rings (SSSR count). The van der Waals surface area contributed by atoms with Crippen LogP contribution in [0.3, 0.4) is 0 Å². The van der Waals surface area contributed by atoms with Gasteiger partial charge in [-0.05, 0) is 42.6 Å². The lowest BCUT2D eigenvalue weighted by molar-refractivity contribution is 0.883. The minimum absolute atomic E-state index is 0.174. The summed E-state index contributed by atoms with van der Waals surface area (Å²) in [5, 5.41) is 1.24. The minimum atomic E-state index is 0.174. The molecule has 1 aromatic carbocycles. The molecule has 4 nitrogen and oxygen atoms in total. The summed E-state index contributed by atoms with van der Waals surface area (Å²) in [5.41, 5.74) is 0.729. The molecule has 0 spiro atoms. The van der Waals surface area contributed by atoms with Crippen molar-refractivity contribution in [3.05, 3.63) is 33.5 Å². The van der Waals surface area contributed by atoms with Gasteiger partial charge in [0.1, 0.15) is 0 Å². The molecule has 0 saturated carbocycles. The summed E-state index contributed by atoms with van der Waals surface area (Å²) < 4.78 is 0. The Morgan fingerprint density at radius 2 is 1.50 bits per heavy atom. The first-order valence-corrected chi connectivity index (χ1v) is 7.38. The molecule has 0 radical (unpaired) electrons. The fourth-order valence-electron chi connectivity index (χ4n) is 2.21. The van der Waals surface area contributed by atoms with Crippen LogP contribution in [0.2, 0.25) is 15.3 Å². The van der Waals surface area contributed by atoms with Gasteiger partial charge in [0.05, 0.1) is 0 Å². The highest BCUT2D eigenvalue weighted by atomic mass is 35.5. The van der Waals surface area contributed by atoms with Gasteiger partial charge >= 0.3 is 0 Å². The molecule has 0 N–H and O–H groups in total. The van der Waals surface area contributed by atoms with E-state index in [9.17, 15) is 0 Å². The van der Waals surface area contributed by atoms with Gasteiger partial charge < -0.3 is 4.90 Å². The highest BCUT2D eigenvalue weighted by Gasteiger charge is 2.17. The van der Waals surface area contributed by atoms with Gasteiger partial charge in [-0.2, -0.15) is 15.0 Å². The largest absolute Gasteiger partial charge is 0.341 e. The lowest BCUT2D eigenvalue weighted by Crippen LogP contribution is -2.21. The number of anilines is 1. The van der Waals surface area contributed by atoms with Crippen LogP contribution >= 0.6 is 34.8 Å². The molecule has 0 atom stereocenters. The predicted molar refractivity (Wildman–Crippen MR) is 81.7 cm³/mol. The molecular formula is C13H11Cl3N4. The van der Waals surface area contributed by atoms with E-state index < -0.39 is 0 Å². The van der Waals surface area contributed by atoms with E-state index in [1.165, 1.54) is 0 Å². The average Bonchev–Trinajstić information content (AvgIpc) is 2.90. The third kappa shape index (κ3) is 2.97. The van der Waals surface area contributed by atoms with Gasteiger partial charge in [-0.25, -0.2) is 0 Å². The van der Waals surface area contributed by atoms with E-state index >= 15 is 0 Å². The molecule has 2 aromatic rings. The van der Waals surface area contributed by atoms with Crippen molar-refractivity contribution in [3.63, 3.8) is 0 Å². The molecule has 0 unspecified atom stereocenters. The second-order valence-electron chi connectivity index (χ2n) is 4.58. The summed E-state index contributed by atoms with van der Waals surface area (Å²) in [6, 6.07) is 5.18. The summed E-state index contributed by atoms with van der Waals surface area (Å²) >= 11 is 18.0. The summed E-state index contributed by atoms with van der Waals surface area (Å²) in [5.74, 6) is 1.09. The third-order valence-corrected chi connectivity index (χ3v) is 3.71. The van der Waals surface area contributed by atoms with Gasteiger partial charge in [0, 0.05) is 28.7 Å². The highest BCUT2D eigenvalue weighted by molar-refractivity contribution is 6.35. The Balaban J connectivity index is 2.04. The van der Waals surface area contributed by atoms with Crippen LogP contribution in [-0.4, -0.2) is 28.0 Å². The lowest BCUT2D eigenvalue weighted by atomic mass is 10.2. The maximum absolute atomic E-state index is 6.01. The van der Waals surface area contributed by atoms with Gasteiger partial charge in [0.2, 0.25) is 11.2 Å². The van der Waals surface area contributed by atoms with Crippen molar-refractivity contribution in [2.24, 2.45) is 0 Å². The normalized spacial score (nSPS) is 14.8. The number of aromatic nitrogens is 3. The quantitative estimate of drug-likeness (QED) is 0.832. The second-order valence-corrected chi connectivity index (χ2v) is 5.79. The number of halogens is 3. The first-order chi connectivity index (χ1) is 9.61. The first-order valence-electron chi connectivity index (χ1n) is 6.25. The fraction of sp³-hybridized carbons (Fsp3) is 0.308. The van der Waals surface area contributed by atoms with Crippen LogP contribution in [0.25, 0.3) is 11.4 Å². The van der Waals surface area contributed by atoms with Gasteiger partial charge in [-0.15, -0.1) is 0 Å². The molecular weight excluding hydrogens is 319 g/mol. The van der Waals surface area contributed by atoms with Crippen molar-refractivity contribution in [3.8, 4) is 11.4 Å². The molecule has 1 aromatic heterocycles.